The van der Waals surface area contributed by atoms with Gasteiger partial charge in [0.1, 0.15) is 27.8 Å². The predicted octanol–water partition coefficient (Wildman–Crippen LogP) is 15.9. The fraction of sp³-hybridized carbons (Fsp3) is 0. The molecule has 3 aromatic heterocycles. The smallest absolute Gasteiger partial charge is 0.227 e. The molecule has 0 fully saturated rings. The highest BCUT2D eigenvalue weighted by Gasteiger charge is 2.27. The van der Waals surface area contributed by atoms with Crippen molar-refractivity contribution in [3.8, 4) is 22.6 Å². The molecule has 0 aliphatic heterocycles. The second-order valence-electron chi connectivity index (χ2n) is 15.1. The van der Waals surface area contributed by atoms with E-state index in [0.29, 0.717) is 17.0 Å². The van der Waals surface area contributed by atoms with Crippen LogP contribution in [0.2, 0.25) is 0 Å². The largest absolute Gasteiger partial charge is 0.456 e. The number of anilines is 6. The van der Waals surface area contributed by atoms with Gasteiger partial charge in [0.15, 0.2) is 5.58 Å². The van der Waals surface area contributed by atoms with Crippen LogP contribution in [0.4, 0.5) is 34.1 Å². The first-order chi connectivity index (χ1) is 30.2. The molecular weight excluding hydrogens is 751 g/mol. The molecule has 6 nitrogen and oxygen atoms in total. The van der Waals surface area contributed by atoms with Gasteiger partial charge in [0.25, 0.3) is 0 Å². The first kappa shape index (κ1) is 34.7. The lowest BCUT2D eigenvalue weighted by Gasteiger charge is -2.30. The number of furan rings is 2. The van der Waals surface area contributed by atoms with Crippen molar-refractivity contribution in [2.75, 3.05) is 9.80 Å². The third kappa shape index (κ3) is 5.84. The van der Waals surface area contributed by atoms with Gasteiger partial charge < -0.3 is 23.1 Å². The predicted molar refractivity (Wildman–Crippen MR) is 249 cm³/mol. The van der Waals surface area contributed by atoms with Crippen molar-refractivity contribution in [2.45, 2.75) is 0 Å². The number of oxazole rings is 1. The maximum atomic E-state index is 6.92. The number of aromatic nitrogens is 1. The third-order valence-corrected chi connectivity index (χ3v) is 11.5. The van der Waals surface area contributed by atoms with Crippen LogP contribution < -0.4 is 9.80 Å². The van der Waals surface area contributed by atoms with Gasteiger partial charge in [-0.2, -0.15) is 0 Å². The number of rotatable bonds is 8. The molecule has 0 atom stereocenters. The lowest BCUT2D eigenvalue weighted by atomic mass is 10.0. The average molecular weight is 786 g/mol. The molecule has 0 spiro atoms. The number of benzene rings is 9. The molecule has 61 heavy (non-hydrogen) atoms. The van der Waals surface area contributed by atoms with E-state index in [0.717, 1.165) is 94.7 Å². The van der Waals surface area contributed by atoms with E-state index in [1.54, 1.807) is 0 Å². The number of hydrogen-bond acceptors (Lipinski definition) is 6. The normalized spacial score (nSPS) is 11.6. The summed E-state index contributed by atoms with van der Waals surface area (Å²) in [5, 5.41) is 4.13. The summed E-state index contributed by atoms with van der Waals surface area (Å²) in [6.07, 6.45) is 0. The molecule has 0 aliphatic carbocycles. The van der Waals surface area contributed by atoms with E-state index in [9.17, 15) is 0 Å². The lowest BCUT2D eigenvalue weighted by molar-refractivity contribution is 0.620. The summed E-state index contributed by atoms with van der Waals surface area (Å²) < 4.78 is 19.7. The highest BCUT2D eigenvalue weighted by molar-refractivity contribution is 6.15. The molecule has 0 radical (unpaired) electrons. The van der Waals surface area contributed by atoms with E-state index in [1.807, 2.05) is 66.7 Å². The highest BCUT2D eigenvalue weighted by atomic mass is 16.4. The Bertz CT molecular complexity index is 3550. The fourth-order valence-corrected chi connectivity index (χ4v) is 8.74. The van der Waals surface area contributed by atoms with E-state index in [2.05, 4.69) is 155 Å². The monoisotopic (exact) mass is 785 g/mol. The summed E-state index contributed by atoms with van der Waals surface area (Å²) >= 11 is 0. The van der Waals surface area contributed by atoms with Gasteiger partial charge >= 0.3 is 0 Å². The van der Waals surface area contributed by atoms with Gasteiger partial charge in [-0.25, -0.2) is 4.98 Å². The van der Waals surface area contributed by atoms with Crippen molar-refractivity contribution in [1.29, 1.82) is 0 Å². The van der Waals surface area contributed by atoms with Crippen LogP contribution in [-0.4, -0.2) is 4.98 Å². The summed E-state index contributed by atoms with van der Waals surface area (Å²) in [6.45, 7) is 0. The summed E-state index contributed by atoms with van der Waals surface area (Å²) in [5.74, 6) is 0.538. The molecule has 0 saturated carbocycles. The van der Waals surface area contributed by atoms with E-state index in [4.69, 9.17) is 18.2 Å². The van der Waals surface area contributed by atoms with Crippen LogP contribution in [0, 0.1) is 0 Å². The standard InChI is InChI=1S/C55H35N3O3/c1-4-17-36(18-5-1)41-23-10-13-26-46(41)57(39-31-32-51-44(33-39)42-24-11-14-28-49(42)59-51)40-34-45-54(61-55(56-45)37-19-6-2-7-20-37)48(35-40)58(38-21-8-3-9-22-38)47-27-16-30-52-53(47)43-25-12-15-29-50(43)60-52/h1-35H. The molecular formula is C55H35N3O3. The zero-order valence-electron chi connectivity index (χ0n) is 32.8. The fourth-order valence-electron chi connectivity index (χ4n) is 8.74. The molecule has 0 unspecified atom stereocenters. The first-order valence-corrected chi connectivity index (χ1v) is 20.4. The zero-order valence-corrected chi connectivity index (χ0v) is 32.8. The molecule has 12 rings (SSSR count). The number of nitrogens with zero attached hydrogens (tertiary/aromatic N) is 3. The molecule has 288 valence electrons. The summed E-state index contributed by atoms with van der Waals surface area (Å²) in [4.78, 5) is 9.87. The minimum Gasteiger partial charge on any atom is -0.456 e. The van der Waals surface area contributed by atoms with Crippen LogP contribution in [0.1, 0.15) is 0 Å². The Labute approximate surface area is 350 Å². The van der Waals surface area contributed by atoms with Crippen LogP contribution in [-0.2, 0) is 0 Å². The highest BCUT2D eigenvalue weighted by Crippen LogP contribution is 2.50. The second kappa shape index (κ2) is 14.2. The molecule has 9 aromatic carbocycles. The molecule has 0 aliphatic rings. The van der Waals surface area contributed by atoms with Crippen LogP contribution >= 0.6 is 0 Å². The molecule has 6 heteroatoms. The van der Waals surface area contributed by atoms with Gasteiger partial charge in [0.2, 0.25) is 5.89 Å². The summed E-state index contributed by atoms with van der Waals surface area (Å²) in [6, 6.07) is 73.2. The molecule has 0 bridgehead atoms. The Morgan fingerprint density at radius 2 is 0.951 bits per heavy atom. The molecule has 3 heterocycles. The van der Waals surface area contributed by atoms with Crippen LogP contribution in [0.3, 0.4) is 0 Å². The summed E-state index contributed by atoms with van der Waals surface area (Å²) in [5.41, 5.74) is 13.4. The molecule has 0 amide bonds. The number of fused-ring (bicyclic) bond motifs is 7. The van der Waals surface area contributed by atoms with Crippen LogP contribution in [0.15, 0.2) is 226 Å². The molecule has 0 N–H and O–H groups in total. The maximum absolute atomic E-state index is 6.92. The van der Waals surface area contributed by atoms with Crippen LogP contribution in [0.5, 0.6) is 0 Å². The third-order valence-electron chi connectivity index (χ3n) is 11.5. The topological polar surface area (TPSA) is 58.8 Å². The zero-order chi connectivity index (χ0) is 40.3. The SMILES string of the molecule is c1ccc(-c2nc3cc(N(c4ccc5oc6ccccc6c5c4)c4ccccc4-c4ccccc4)cc(N(c4ccccc4)c4cccc5oc6ccccc6c45)c3o2)cc1. The minimum atomic E-state index is 0.538. The Hall–Kier alpha value is -8.35. The summed E-state index contributed by atoms with van der Waals surface area (Å²) in [7, 11) is 0. The minimum absolute atomic E-state index is 0.538. The van der Waals surface area contributed by atoms with Gasteiger partial charge in [0.05, 0.1) is 28.1 Å². The molecule has 12 aromatic rings. The Morgan fingerprint density at radius 1 is 0.344 bits per heavy atom. The van der Waals surface area contributed by atoms with E-state index < -0.39 is 0 Å². The maximum Gasteiger partial charge on any atom is 0.227 e. The number of hydrogen-bond donors (Lipinski definition) is 0. The Morgan fingerprint density at radius 3 is 1.75 bits per heavy atom. The van der Waals surface area contributed by atoms with Gasteiger partial charge in [-0.15, -0.1) is 0 Å². The lowest BCUT2D eigenvalue weighted by Crippen LogP contribution is -2.14. The van der Waals surface area contributed by atoms with Crippen molar-refractivity contribution >= 4 is 89.1 Å². The first-order valence-electron chi connectivity index (χ1n) is 20.4. The van der Waals surface area contributed by atoms with Crippen molar-refractivity contribution in [2.24, 2.45) is 0 Å². The van der Waals surface area contributed by atoms with Gasteiger partial charge in [0, 0.05) is 38.7 Å². The van der Waals surface area contributed by atoms with Crippen molar-refractivity contribution in [3.63, 3.8) is 0 Å². The molecule has 0 saturated heterocycles. The van der Waals surface area contributed by atoms with Gasteiger partial charge in [-0.1, -0.05) is 127 Å². The van der Waals surface area contributed by atoms with Crippen LogP contribution in [0.25, 0.3) is 77.6 Å². The average Bonchev–Trinajstić information content (AvgIpc) is 4.04. The second-order valence-corrected chi connectivity index (χ2v) is 15.1. The van der Waals surface area contributed by atoms with Crippen molar-refractivity contribution < 1.29 is 13.3 Å². The quantitative estimate of drug-likeness (QED) is 0.153. The van der Waals surface area contributed by atoms with Gasteiger partial charge in [-0.3, -0.25) is 0 Å². The van der Waals surface area contributed by atoms with E-state index >= 15 is 0 Å². The Kier molecular flexibility index (Phi) is 8.06. The van der Waals surface area contributed by atoms with E-state index in [-0.39, 0.29) is 0 Å². The van der Waals surface area contributed by atoms with Gasteiger partial charge in [-0.05, 0) is 90.5 Å². The van der Waals surface area contributed by atoms with E-state index in [1.165, 1.54) is 0 Å². The van der Waals surface area contributed by atoms with Crippen molar-refractivity contribution in [1.82, 2.24) is 4.98 Å². The number of para-hydroxylation sites is 4. The van der Waals surface area contributed by atoms with Crippen molar-refractivity contribution in [3.05, 3.63) is 212 Å². The Balaban J connectivity index is 1.19.